The quantitative estimate of drug-likeness (QED) is 0.842. The van der Waals surface area contributed by atoms with Gasteiger partial charge in [0.15, 0.2) is 0 Å². The third-order valence-electron chi connectivity index (χ3n) is 6.43. The molecule has 1 saturated carbocycles. The fourth-order valence-corrected chi connectivity index (χ4v) is 4.77. The Morgan fingerprint density at radius 3 is 2.50 bits per heavy atom. The Labute approximate surface area is 143 Å². The number of nitrogens with zero attached hydrogens (tertiary/aromatic N) is 2. The lowest BCUT2D eigenvalue weighted by Crippen LogP contribution is -2.60. The van der Waals surface area contributed by atoms with Crippen LogP contribution < -0.4 is 0 Å². The fourth-order valence-electron chi connectivity index (χ4n) is 4.77. The standard InChI is InChI=1S/C20H27FN2O/c21-18-7-5-17(6-8-18)14-23-12-10-20(23)9-11-22(15-20)19(24)13-16-3-1-2-4-16/h5-8,16H,1-4,9-15H2. The first kappa shape index (κ1) is 16.1. The van der Waals surface area contributed by atoms with Crippen molar-refractivity contribution in [3.05, 3.63) is 35.6 Å². The molecule has 0 aromatic heterocycles. The zero-order valence-corrected chi connectivity index (χ0v) is 14.3. The molecule has 0 bridgehead atoms. The number of benzene rings is 1. The van der Waals surface area contributed by atoms with Crippen LogP contribution in [0, 0.1) is 11.7 Å². The summed E-state index contributed by atoms with van der Waals surface area (Å²) >= 11 is 0. The van der Waals surface area contributed by atoms with E-state index in [0.29, 0.717) is 11.8 Å². The number of hydrogen-bond donors (Lipinski definition) is 0. The molecule has 4 rings (SSSR count). The number of carbonyl (C=O) groups excluding carboxylic acids is 1. The van der Waals surface area contributed by atoms with E-state index in [1.165, 1.54) is 44.2 Å². The summed E-state index contributed by atoms with van der Waals surface area (Å²) in [6.07, 6.45) is 8.10. The molecule has 1 aromatic carbocycles. The molecule has 1 unspecified atom stereocenters. The zero-order chi connectivity index (χ0) is 16.6. The van der Waals surface area contributed by atoms with Crippen molar-refractivity contribution in [1.82, 2.24) is 9.80 Å². The topological polar surface area (TPSA) is 23.6 Å². The summed E-state index contributed by atoms with van der Waals surface area (Å²) in [5.74, 6) is 0.819. The van der Waals surface area contributed by atoms with E-state index in [1.807, 2.05) is 12.1 Å². The van der Waals surface area contributed by atoms with Crippen LogP contribution in [0.15, 0.2) is 24.3 Å². The summed E-state index contributed by atoms with van der Waals surface area (Å²) in [6.45, 7) is 3.75. The van der Waals surface area contributed by atoms with Crippen LogP contribution in [0.3, 0.4) is 0 Å². The van der Waals surface area contributed by atoms with Gasteiger partial charge in [-0.05, 0) is 49.3 Å². The molecule has 0 radical (unpaired) electrons. The lowest BCUT2D eigenvalue weighted by atomic mass is 9.83. The molecule has 3 nitrogen and oxygen atoms in total. The van der Waals surface area contributed by atoms with Gasteiger partial charge in [0.05, 0.1) is 0 Å². The predicted molar refractivity (Wildman–Crippen MR) is 91.9 cm³/mol. The normalized spacial score (nSPS) is 27.8. The molecule has 0 N–H and O–H groups in total. The number of hydrogen-bond acceptors (Lipinski definition) is 2. The van der Waals surface area contributed by atoms with Crippen LogP contribution in [-0.4, -0.2) is 40.9 Å². The molecule has 130 valence electrons. The van der Waals surface area contributed by atoms with Crippen LogP contribution in [0.1, 0.15) is 50.5 Å². The molecular weight excluding hydrogens is 303 g/mol. The number of halogens is 1. The predicted octanol–water partition coefficient (Wildman–Crippen LogP) is 3.58. The first-order valence-electron chi connectivity index (χ1n) is 9.42. The largest absolute Gasteiger partial charge is 0.341 e. The molecule has 24 heavy (non-hydrogen) atoms. The average Bonchev–Trinajstić information content (AvgIpc) is 3.24. The molecule has 2 aliphatic heterocycles. The number of amides is 1. The van der Waals surface area contributed by atoms with Gasteiger partial charge in [0, 0.05) is 38.1 Å². The zero-order valence-electron chi connectivity index (χ0n) is 14.3. The van der Waals surface area contributed by atoms with Gasteiger partial charge < -0.3 is 4.90 Å². The third-order valence-corrected chi connectivity index (χ3v) is 6.43. The van der Waals surface area contributed by atoms with Crippen molar-refractivity contribution in [2.24, 2.45) is 5.92 Å². The maximum Gasteiger partial charge on any atom is 0.222 e. The summed E-state index contributed by atoms with van der Waals surface area (Å²) in [7, 11) is 0. The highest BCUT2D eigenvalue weighted by Crippen LogP contribution is 2.40. The summed E-state index contributed by atoms with van der Waals surface area (Å²) in [6, 6.07) is 6.82. The van der Waals surface area contributed by atoms with Crippen LogP contribution in [-0.2, 0) is 11.3 Å². The van der Waals surface area contributed by atoms with Gasteiger partial charge in [0.25, 0.3) is 0 Å². The van der Waals surface area contributed by atoms with Crippen molar-refractivity contribution < 1.29 is 9.18 Å². The van der Waals surface area contributed by atoms with Crippen LogP contribution >= 0.6 is 0 Å². The molecule has 3 fully saturated rings. The summed E-state index contributed by atoms with van der Waals surface area (Å²) in [5.41, 5.74) is 1.34. The maximum atomic E-state index is 13.1. The van der Waals surface area contributed by atoms with E-state index < -0.39 is 0 Å². The monoisotopic (exact) mass is 330 g/mol. The van der Waals surface area contributed by atoms with Crippen molar-refractivity contribution in [3.8, 4) is 0 Å². The lowest BCUT2D eigenvalue weighted by molar-refractivity contribution is -0.132. The van der Waals surface area contributed by atoms with Crippen molar-refractivity contribution in [1.29, 1.82) is 0 Å². The molecule has 1 aromatic rings. The highest BCUT2D eigenvalue weighted by atomic mass is 19.1. The van der Waals surface area contributed by atoms with Gasteiger partial charge in [0.2, 0.25) is 5.91 Å². The Hall–Kier alpha value is -1.42. The molecule has 3 aliphatic rings. The minimum Gasteiger partial charge on any atom is -0.341 e. The van der Waals surface area contributed by atoms with Crippen LogP contribution in [0.5, 0.6) is 0 Å². The number of carbonyl (C=O) groups is 1. The van der Waals surface area contributed by atoms with E-state index in [1.54, 1.807) is 0 Å². The minimum atomic E-state index is -0.179. The van der Waals surface area contributed by atoms with E-state index in [0.717, 1.165) is 44.6 Å². The Kier molecular flexibility index (Phi) is 4.33. The molecule has 1 aliphatic carbocycles. The van der Waals surface area contributed by atoms with E-state index in [-0.39, 0.29) is 11.4 Å². The van der Waals surface area contributed by atoms with Crippen molar-refractivity contribution in [2.75, 3.05) is 19.6 Å². The second-order valence-corrected chi connectivity index (χ2v) is 7.94. The summed E-state index contributed by atoms with van der Waals surface area (Å²) < 4.78 is 13.1. The smallest absolute Gasteiger partial charge is 0.222 e. The van der Waals surface area contributed by atoms with Crippen molar-refractivity contribution >= 4 is 5.91 Å². The molecular formula is C20H27FN2O. The SMILES string of the molecule is O=C(CC1CCCC1)N1CCC2(CCN2Cc2ccc(F)cc2)C1. The second-order valence-electron chi connectivity index (χ2n) is 7.94. The van der Waals surface area contributed by atoms with Crippen LogP contribution in [0.2, 0.25) is 0 Å². The molecule has 1 atom stereocenters. The molecule has 1 amide bonds. The Bertz CT molecular complexity index is 596. The molecule has 1 spiro atoms. The summed E-state index contributed by atoms with van der Waals surface area (Å²) in [4.78, 5) is 17.2. The van der Waals surface area contributed by atoms with Crippen LogP contribution in [0.25, 0.3) is 0 Å². The summed E-state index contributed by atoms with van der Waals surface area (Å²) in [5, 5.41) is 0. The van der Waals surface area contributed by atoms with Gasteiger partial charge >= 0.3 is 0 Å². The lowest BCUT2D eigenvalue weighted by Gasteiger charge is -2.51. The third kappa shape index (κ3) is 3.08. The van der Waals surface area contributed by atoms with Gasteiger partial charge in [0.1, 0.15) is 5.82 Å². The first-order chi connectivity index (χ1) is 11.6. The molecule has 2 heterocycles. The molecule has 2 saturated heterocycles. The van der Waals surface area contributed by atoms with Crippen molar-refractivity contribution in [3.63, 3.8) is 0 Å². The van der Waals surface area contributed by atoms with Gasteiger partial charge in [-0.1, -0.05) is 25.0 Å². The first-order valence-corrected chi connectivity index (χ1v) is 9.42. The van der Waals surface area contributed by atoms with Crippen LogP contribution in [0.4, 0.5) is 4.39 Å². The Morgan fingerprint density at radius 1 is 1.12 bits per heavy atom. The fraction of sp³-hybridized carbons (Fsp3) is 0.650. The maximum absolute atomic E-state index is 13.1. The Balaban J connectivity index is 1.34. The Morgan fingerprint density at radius 2 is 1.83 bits per heavy atom. The van der Waals surface area contributed by atoms with Gasteiger partial charge in [-0.2, -0.15) is 0 Å². The minimum absolute atomic E-state index is 0.179. The second kappa shape index (κ2) is 6.47. The van der Waals surface area contributed by atoms with Gasteiger partial charge in [-0.3, -0.25) is 9.69 Å². The van der Waals surface area contributed by atoms with E-state index in [9.17, 15) is 9.18 Å². The molecule has 4 heteroatoms. The van der Waals surface area contributed by atoms with Gasteiger partial charge in [-0.25, -0.2) is 4.39 Å². The highest BCUT2D eigenvalue weighted by Gasteiger charge is 2.49. The highest BCUT2D eigenvalue weighted by molar-refractivity contribution is 5.77. The van der Waals surface area contributed by atoms with E-state index in [4.69, 9.17) is 0 Å². The van der Waals surface area contributed by atoms with E-state index in [2.05, 4.69) is 9.80 Å². The van der Waals surface area contributed by atoms with Gasteiger partial charge in [-0.15, -0.1) is 0 Å². The van der Waals surface area contributed by atoms with E-state index >= 15 is 0 Å². The number of likely N-dealkylation sites (tertiary alicyclic amines) is 2. The van der Waals surface area contributed by atoms with Crippen molar-refractivity contribution in [2.45, 2.75) is 57.0 Å². The average molecular weight is 330 g/mol. The number of rotatable bonds is 4.